The second kappa shape index (κ2) is 4.72. The molecule has 0 unspecified atom stereocenters. The summed E-state index contributed by atoms with van der Waals surface area (Å²) in [6.07, 6.45) is 4.26. The van der Waals surface area contributed by atoms with Gasteiger partial charge in [-0.25, -0.2) is 0 Å². The molecule has 1 amide bonds. The molecule has 0 bridgehead atoms. The van der Waals surface area contributed by atoms with Crippen LogP contribution in [-0.4, -0.2) is 29.7 Å². The van der Waals surface area contributed by atoms with Crippen LogP contribution < -0.4 is 10.6 Å². The third-order valence-corrected chi connectivity index (χ3v) is 3.70. The van der Waals surface area contributed by atoms with E-state index in [9.17, 15) is 4.79 Å². The summed E-state index contributed by atoms with van der Waals surface area (Å²) in [5, 5.41) is 10.3. The van der Waals surface area contributed by atoms with Crippen molar-refractivity contribution in [2.45, 2.75) is 50.6 Å². The van der Waals surface area contributed by atoms with Gasteiger partial charge in [0.1, 0.15) is 5.76 Å². The number of hydrogen-bond donors (Lipinski definition) is 2. The zero-order valence-electron chi connectivity index (χ0n) is 10.6. The molecule has 1 aromatic heterocycles. The van der Waals surface area contributed by atoms with Crippen molar-refractivity contribution in [1.29, 1.82) is 0 Å². The summed E-state index contributed by atoms with van der Waals surface area (Å²) in [5.74, 6) is 1.25. The molecule has 1 aromatic rings. The highest BCUT2D eigenvalue weighted by molar-refractivity contribution is 5.92. The van der Waals surface area contributed by atoms with E-state index in [2.05, 4.69) is 22.7 Å². The smallest absolute Gasteiger partial charge is 0.273 e. The molecule has 1 saturated heterocycles. The molecule has 3 rings (SSSR count). The van der Waals surface area contributed by atoms with E-state index in [1.165, 1.54) is 0 Å². The Hall–Kier alpha value is -1.36. The molecule has 1 aliphatic heterocycles. The monoisotopic (exact) mass is 249 g/mol. The average molecular weight is 249 g/mol. The summed E-state index contributed by atoms with van der Waals surface area (Å²) in [6, 6.07) is 2.50. The van der Waals surface area contributed by atoms with Crippen LogP contribution in [0.1, 0.15) is 54.8 Å². The minimum Gasteiger partial charge on any atom is -0.360 e. The number of rotatable bonds is 3. The van der Waals surface area contributed by atoms with Gasteiger partial charge < -0.3 is 15.2 Å². The molecule has 2 aliphatic rings. The molecule has 2 atom stereocenters. The zero-order chi connectivity index (χ0) is 12.5. The Kier molecular flexibility index (Phi) is 3.07. The predicted molar refractivity (Wildman–Crippen MR) is 66.4 cm³/mol. The van der Waals surface area contributed by atoms with Crippen molar-refractivity contribution in [3.05, 3.63) is 17.5 Å². The van der Waals surface area contributed by atoms with Gasteiger partial charge in [0.25, 0.3) is 5.91 Å². The Bertz CT molecular complexity index is 439. The lowest BCUT2D eigenvalue weighted by Crippen LogP contribution is -2.46. The number of nitrogens with one attached hydrogen (secondary N) is 2. The summed E-state index contributed by atoms with van der Waals surface area (Å²) in [5.41, 5.74) is 0.420. The maximum absolute atomic E-state index is 12.0. The fourth-order valence-corrected chi connectivity index (χ4v) is 2.48. The van der Waals surface area contributed by atoms with Crippen molar-refractivity contribution < 1.29 is 9.32 Å². The number of hydrogen-bond acceptors (Lipinski definition) is 4. The Morgan fingerprint density at radius 2 is 2.33 bits per heavy atom. The van der Waals surface area contributed by atoms with Gasteiger partial charge >= 0.3 is 0 Å². The molecule has 18 heavy (non-hydrogen) atoms. The van der Waals surface area contributed by atoms with Crippen molar-refractivity contribution in [2.24, 2.45) is 0 Å². The molecule has 2 heterocycles. The second-order valence-electron chi connectivity index (χ2n) is 5.44. The summed E-state index contributed by atoms with van der Waals surface area (Å²) in [6.45, 7) is 3.10. The number of carbonyl (C=O) groups excluding carboxylic acids is 1. The maximum Gasteiger partial charge on any atom is 0.273 e. The molecule has 2 N–H and O–H groups in total. The molecule has 2 fully saturated rings. The summed E-state index contributed by atoms with van der Waals surface area (Å²) in [7, 11) is 0. The zero-order valence-corrected chi connectivity index (χ0v) is 10.6. The van der Waals surface area contributed by atoms with Gasteiger partial charge in [-0.3, -0.25) is 4.79 Å². The molecule has 1 saturated carbocycles. The van der Waals surface area contributed by atoms with Crippen LogP contribution in [0.5, 0.6) is 0 Å². The highest BCUT2D eigenvalue weighted by Gasteiger charge is 2.29. The van der Waals surface area contributed by atoms with E-state index in [0.29, 0.717) is 17.7 Å². The Morgan fingerprint density at radius 3 is 3.06 bits per heavy atom. The van der Waals surface area contributed by atoms with E-state index in [-0.39, 0.29) is 11.9 Å². The first-order chi connectivity index (χ1) is 8.72. The SMILES string of the molecule is C[C@H]1C[C@@H](NC(=O)c2cc(C3CC3)on2)CCN1. The minimum atomic E-state index is -0.107. The summed E-state index contributed by atoms with van der Waals surface area (Å²) < 4.78 is 5.20. The third-order valence-electron chi connectivity index (χ3n) is 3.70. The van der Waals surface area contributed by atoms with E-state index in [1.54, 1.807) is 6.07 Å². The molecule has 1 aliphatic carbocycles. The van der Waals surface area contributed by atoms with E-state index < -0.39 is 0 Å². The van der Waals surface area contributed by atoms with Crippen molar-refractivity contribution in [2.75, 3.05) is 6.54 Å². The highest BCUT2D eigenvalue weighted by Crippen LogP contribution is 2.40. The van der Waals surface area contributed by atoms with E-state index in [4.69, 9.17) is 4.52 Å². The van der Waals surface area contributed by atoms with E-state index in [0.717, 1.165) is 38.0 Å². The van der Waals surface area contributed by atoms with Crippen LogP contribution in [0.2, 0.25) is 0 Å². The Labute approximate surface area is 106 Å². The van der Waals surface area contributed by atoms with E-state index in [1.807, 2.05) is 0 Å². The first kappa shape index (κ1) is 11.7. The van der Waals surface area contributed by atoms with Gasteiger partial charge in [0, 0.05) is 24.1 Å². The van der Waals surface area contributed by atoms with E-state index >= 15 is 0 Å². The van der Waals surface area contributed by atoms with Gasteiger partial charge in [-0.05, 0) is 39.2 Å². The van der Waals surface area contributed by atoms with Gasteiger partial charge in [-0.2, -0.15) is 0 Å². The van der Waals surface area contributed by atoms with Crippen LogP contribution in [0.15, 0.2) is 10.6 Å². The molecule has 98 valence electrons. The standard InChI is InChI=1S/C13H19N3O2/c1-8-6-10(4-5-14-8)15-13(17)11-7-12(18-16-11)9-2-3-9/h7-10,14H,2-6H2,1H3,(H,15,17)/t8-,10-/m0/s1. The van der Waals surface area contributed by atoms with Crippen LogP contribution in [0.3, 0.4) is 0 Å². The molecule has 0 spiro atoms. The number of amides is 1. The lowest BCUT2D eigenvalue weighted by Gasteiger charge is -2.28. The topological polar surface area (TPSA) is 67.2 Å². The largest absolute Gasteiger partial charge is 0.360 e. The molecular formula is C13H19N3O2. The number of aromatic nitrogens is 1. The van der Waals surface area contributed by atoms with Gasteiger partial charge in [-0.15, -0.1) is 0 Å². The summed E-state index contributed by atoms with van der Waals surface area (Å²) >= 11 is 0. The van der Waals surface area contributed by atoms with Gasteiger partial charge in [0.2, 0.25) is 0 Å². The molecule has 0 radical (unpaired) electrons. The van der Waals surface area contributed by atoms with Crippen LogP contribution in [0.25, 0.3) is 0 Å². The molecular weight excluding hydrogens is 230 g/mol. The third kappa shape index (κ3) is 2.56. The van der Waals surface area contributed by atoms with Gasteiger partial charge in [0.15, 0.2) is 5.69 Å². The van der Waals surface area contributed by atoms with Crippen molar-refractivity contribution in [3.63, 3.8) is 0 Å². The van der Waals surface area contributed by atoms with Gasteiger partial charge in [-0.1, -0.05) is 5.16 Å². The molecule has 5 heteroatoms. The van der Waals surface area contributed by atoms with Crippen molar-refractivity contribution >= 4 is 5.91 Å². The number of carbonyl (C=O) groups is 1. The highest BCUT2D eigenvalue weighted by atomic mass is 16.5. The first-order valence-electron chi connectivity index (χ1n) is 6.73. The molecule has 0 aromatic carbocycles. The average Bonchev–Trinajstić information content (AvgIpc) is 3.07. The Morgan fingerprint density at radius 1 is 1.50 bits per heavy atom. The first-order valence-corrected chi connectivity index (χ1v) is 6.73. The lowest BCUT2D eigenvalue weighted by molar-refractivity contribution is 0.0916. The Balaban J connectivity index is 1.59. The quantitative estimate of drug-likeness (QED) is 0.850. The maximum atomic E-state index is 12.0. The molecule has 5 nitrogen and oxygen atoms in total. The van der Waals surface area contributed by atoms with Crippen molar-refractivity contribution in [3.8, 4) is 0 Å². The predicted octanol–water partition coefficient (Wildman–Crippen LogP) is 1.42. The fourth-order valence-electron chi connectivity index (χ4n) is 2.48. The number of nitrogens with zero attached hydrogens (tertiary/aromatic N) is 1. The van der Waals surface area contributed by atoms with Crippen LogP contribution >= 0.6 is 0 Å². The lowest BCUT2D eigenvalue weighted by atomic mass is 10.0. The minimum absolute atomic E-state index is 0.107. The van der Waals surface area contributed by atoms with Crippen molar-refractivity contribution in [1.82, 2.24) is 15.8 Å². The van der Waals surface area contributed by atoms with Gasteiger partial charge in [0.05, 0.1) is 0 Å². The van der Waals surface area contributed by atoms with Crippen LogP contribution in [0.4, 0.5) is 0 Å². The van der Waals surface area contributed by atoms with Crippen LogP contribution in [0, 0.1) is 0 Å². The normalized spacial score (nSPS) is 28.1. The second-order valence-corrected chi connectivity index (χ2v) is 5.44. The van der Waals surface area contributed by atoms with Crippen LogP contribution in [-0.2, 0) is 0 Å². The fraction of sp³-hybridized carbons (Fsp3) is 0.692. The summed E-state index contributed by atoms with van der Waals surface area (Å²) in [4.78, 5) is 12.0. The number of piperidine rings is 1.